The Morgan fingerprint density at radius 1 is 1.38 bits per heavy atom. The Kier molecular flexibility index (Phi) is 3.61. The van der Waals surface area contributed by atoms with Crippen LogP contribution in [0, 0.1) is 0 Å². The van der Waals surface area contributed by atoms with Crippen molar-refractivity contribution in [2.75, 3.05) is 0 Å². The molecule has 1 rings (SSSR count). The number of alkyl halides is 3. The Bertz CT molecular complexity index is 416. The quantitative estimate of drug-likeness (QED) is 0.309. The van der Waals surface area contributed by atoms with E-state index in [1.165, 1.54) is 0 Å². The van der Waals surface area contributed by atoms with Crippen LogP contribution in [0.5, 0.6) is 0 Å². The fourth-order valence-electron chi connectivity index (χ4n) is 0.937. The van der Waals surface area contributed by atoms with Gasteiger partial charge in [-0.25, -0.2) is 10.8 Å². The van der Waals surface area contributed by atoms with Gasteiger partial charge in [-0.1, -0.05) is 11.6 Å². The van der Waals surface area contributed by atoms with Gasteiger partial charge < -0.3 is 5.73 Å². The van der Waals surface area contributed by atoms with E-state index in [-0.39, 0.29) is 16.7 Å². The normalized spacial score (nSPS) is 12.7. The number of benzene rings is 1. The van der Waals surface area contributed by atoms with E-state index in [2.05, 4.69) is 4.99 Å². The number of hydrogen-bond acceptors (Lipinski definition) is 2. The zero-order valence-corrected chi connectivity index (χ0v) is 8.60. The van der Waals surface area contributed by atoms with Crippen LogP contribution in [0.4, 0.5) is 18.9 Å². The average Bonchev–Trinajstić information content (AvgIpc) is 2.19. The molecule has 0 bridgehead atoms. The molecule has 0 spiro atoms. The molecule has 0 saturated carbocycles. The van der Waals surface area contributed by atoms with E-state index in [9.17, 15) is 13.2 Å². The Balaban J connectivity index is 3.19. The molecule has 1 aromatic rings. The molecular weight excluding hydrogens is 245 g/mol. The molecule has 0 aliphatic rings. The number of aliphatic imine (C=N–C) groups is 1. The van der Waals surface area contributed by atoms with Crippen molar-refractivity contribution >= 4 is 23.2 Å². The van der Waals surface area contributed by atoms with Gasteiger partial charge in [-0.2, -0.15) is 13.2 Å². The topological polar surface area (TPSA) is 76.4 Å². The van der Waals surface area contributed by atoms with Gasteiger partial charge in [0, 0.05) is 0 Å². The lowest BCUT2D eigenvalue weighted by atomic mass is 10.2. The summed E-state index contributed by atoms with van der Waals surface area (Å²) in [6.07, 6.45) is -4.46. The summed E-state index contributed by atoms with van der Waals surface area (Å²) in [5.41, 5.74) is 6.23. The fourth-order valence-corrected chi connectivity index (χ4v) is 1.10. The van der Waals surface area contributed by atoms with Crippen molar-refractivity contribution in [2.24, 2.45) is 16.6 Å². The molecule has 4 nitrogen and oxygen atoms in total. The highest BCUT2D eigenvalue weighted by Crippen LogP contribution is 2.34. The first kappa shape index (κ1) is 12.6. The number of rotatable bonds is 1. The maximum absolute atomic E-state index is 12.4. The minimum Gasteiger partial charge on any atom is -0.369 e. The summed E-state index contributed by atoms with van der Waals surface area (Å²) in [5, 5.41) is 0.0474. The standard InChI is InChI=1S/C8H8ClF3N4/c9-5-2-1-4(8(10,11)12)3-6(5)15-7(13)16-14/h1-3H,14H2,(H3,13,15,16). The smallest absolute Gasteiger partial charge is 0.369 e. The lowest BCUT2D eigenvalue weighted by Crippen LogP contribution is -2.36. The maximum Gasteiger partial charge on any atom is 0.416 e. The third-order valence-corrected chi connectivity index (χ3v) is 1.98. The van der Waals surface area contributed by atoms with Crippen LogP contribution in [0.15, 0.2) is 23.2 Å². The molecular formula is C8H8ClF3N4. The van der Waals surface area contributed by atoms with Crippen LogP contribution in [0.2, 0.25) is 5.02 Å². The van der Waals surface area contributed by atoms with Crippen molar-refractivity contribution in [3.63, 3.8) is 0 Å². The van der Waals surface area contributed by atoms with Crippen LogP contribution in [0.1, 0.15) is 5.56 Å². The number of nitrogens with one attached hydrogen (secondary N) is 1. The Morgan fingerprint density at radius 3 is 2.50 bits per heavy atom. The molecule has 0 atom stereocenters. The molecule has 88 valence electrons. The predicted molar refractivity (Wildman–Crippen MR) is 55.1 cm³/mol. The van der Waals surface area contributed by atoms with E-state index < -0.39 is 11.7 Å². The SMILES string of the molecule is NNC(N)=Nc1cc(C(F)(F)F)ccc1Cl. The summed E-state index contributed by atoms with van der Waals surface area (Å²) in [5.74, 6) is 4.69. The summed E-state index contributed by atoms with van der Waals surface area (Å²) in [4.78, 5) is 3.58. The molecule has 0 saturated heterocycles. The van der Waals surface area contributed by atoms with Gasteiger partial charge in [0.05, 0.1) is 16.3 Å². The summed E-state index contributed by atoms with van der Waals surface area (Å²) in [7, 11) is 0. The van der Waals surface area contributed by atoms with Gasteiger partial charge in [-0.3, -0.25) is 5.43 Å². The zero-order valence-electron chi connectivity index (χ0n) is 7.85. The van der Waals surface area contributed by atoms with Gasteiger partial charge in [0.25, 0.3) is 0 Å². The van der Waals surface area contributed by atoms with E-state index in [0.29, 0.717) is 0 Å². The van der Waals surface area contributed by atoms with E-state index in [1.807, 2.05) is 5.43 Å². The van der Waals surface area contributed by atoms with Crippen LogP contribution in [0.25, 0.3) is 0 Å². The van der Waals surface area contributed by atoms with Crippen molar-refractivity contribution in [3.05, 3.63) is 28.8 Å². The van der Waals surface area contributed by atoms with E-state index >= 15 is 0 Å². The largest absolute Gasteiger partial charge is 0.416 e. The predicted octanol–water partition coefficient (Wildman–Crippen LogP) is 1.77. The van der Waals surface area contributed by atoms with Gasteiger partial charge >= 0.3 is 6.18 Å². The molecule has 0 unspecified atom stereocenters. The van der Waals surface area contributed by atoms with Gasteiger partial charge in [-0.05, 0) is 18.2 Å². The van der Waals surface area contributed by atoms with Crippen LogP contribution >= 0.6 is 11.6 Å². The van der Waals surface area contributed by atoms with Gasteiger partial charge in [0.1, 0.15) is 0 Å². The number of guanidine groups is 1. The van der Waals surface area contributed by atoms with Crippen LogP contribution in [-0.4, -0.2) is 5.96 Å². The van der Waals surface area contributed by atoms with Gasteiger partial charge in [0.15, 0.2) is 0 Å². The number of hydrogen-bond donors (Lipinski definition) is 3. The fraction of sp³-hybridized carbons (Fsp3) is 0.125. The first-order chi connectivity index (χ1) is 7.34. The monoisotopic (exact) mass is 252 g/mol. The second-order valence-electron chi connectivity index (χ2n) is 2.81. The van der Waals surface area contributed by atoms with Crippen LogP contribution in [0.3, 0.4) is 0 Å². The van der Waals surface area contributed by atoms with Crippen molar-refractivity contribution in [3.8, 4) is 0 Å². The lowest BCUT2D eigenvalue weighted by molar-refractivity contribution is -0.137. The van der Waals surface area contributed by atoms with E-state index in [4.69, 9.17) is 23.2 Å². The molecule has 0 radical (unpaired) electrons. The van der Waals surface area contributed by atoms with Crippen molar-refractivity contribution in [1.29, 1.82) is 0 Å². The van der Waals surface area contributed by atoms with Gasteiger partial charge in [-0.15, -0.1) is 0 Å². The molecule has 0 heterocycles. The lowest BCUT2D eigenvalue weighted by Gasteiger charge is -2.08. The van der Waals surface area contributed by atoms with Crippen molar-refractivity contribution < 1.29 is 13.2 Å². The van der Waals surface area contributed by atoms with Crippen LogP contribution < -0.4 is 17.0 Å². The van der Waals surface area contributed by atoms with E-state index in [0.717, 1.165) is 18.2 Å². The molecule has 16 heavy (non-hydrogen) atoms. The van der Waals surface area contributed by atoms with Crippen molar-refractivity contribution in [1.82, 2.24) is 5.43 Å². The molecule has 8 heteroatoms. The Labute approximate surface area is 94.1 Å². The third-order valence-electron chi connectivity index (χ3n) is 1.66. The van der Waals surface area contributed by atoms with Crippen molar-refractivity contribution in [2.45, 2.75) is 6.18 Å². The van der Waals surface area contributed by atoms with E-state index in [1.54, 1.807) is 0 Å². The van der Waals surface area contributed by atoms with Gasteiger partial charge in [0.2, 0.25) is 5.96 Å². The highest BCUT2D eigenvalue weighted by atomic mass is 35.5. The second kappa shape index (κ2) is 4.58. The highest BCUT2D eigenvalue weighted by Gasteiger charge is 2.30. The summed E-state index contributed by atoms with van der Waals surface area (Å²) in [6, 6.07) is 2.73. The maximum atomic E-state index is 12.4. The molecule has 0 fully saturated rings. The molecule has 0 amide bonds. The molecule has 0 aromatic heterocycles. The molecule has 1 aromatic carbocycles. The summed E-state index contributed by atoms with van der Waals surface area (Å²) in [6.45, 7) is 0. The number of nitrogens with two attached hydrogens (primary N) is 2. The highest BCUT2D eigenvalue weighted by molar-refractivity contribution is 6.33. The Hall–Kier alpha value is -1.47. The zero-order chi connectivity index (χ0) is 12.3. The Morgan fingerprint density at radius 2 is 2.00 bits per heavy atom. The molecule has 0 aliphatic heterocycles. The minimum absolute atomic E-state index is 0.0474. The summed E-state index contributed by atoms with van der Waals surface area (Å²) >= 11 is 5.65. The number of nitrogens with zero attached hydrogens (tertiary/aromatic N) is 1. The van der Waals surface area contributed by atoms with Crippen LogP contribution in [-0.2, 0) is 6.18 Å². The first-order valence-electron chi connectivity index (χ1n) is 4.02. The summed E-state index contributed by atoms with van der Waals surface area (Å²) < 4.78 is 37.1. The number of halogens is 4. The third kappa shape index (κ3) is 3.01. The minimum atomic E-state index is -4.46. The first-order valence-corrected chi connectivity index (χ1v) is 4.40. The number of hydrazine groups is 1. The molecule has 0 aliphatic carbocycles. The molecule has 5 N–H and O–H groups in total. The average molecular weight is 253 g/mol. The second-order valence-corrected chi connectivity index (χ2v) is 3.21.